The molecule has 0 aromatic rings. The van der Waals surface area contributed by atoms with Gasteiger partial charge < -0.3 is 15.8 Å². The summed E-state index contributed by atoms with van der Waals surface area (Å²) < 4.78 is 4.52. The van der Waals surface area contributed by atoms with Gasteiger partial charge in [0.1, 0.15) is 0 Å². The van der Waals surface area contributed by atoms with Crippen molar-refractivity contribution in [3.05, 3.63) is 0 Å². The number of carbonyl (C=O) groups excluding carboxylic acids is 2. The highest BCUT2D eigenvalue weighted by atomic mass is 35.5. The molecule has 1 rings (SSSR count). The number of hydrogen-bond acceptors (Lipinski definition) is 4. The van der Waals surface area contributed by atoms with Crippen molar-refractivity contribution in [3.63, 3.8) is 0 Å². The highest BCUT2D eigenvalue weighted by Crippen LogP contribution is 2.22. The molecular formula is C12H23ClN2O3. The second-order valence-corrected chi connectivity index (χ2v) is 4.59. The van der Waals surface area contributed by atoms with Crippen molar-refractivity contribution in [1.29, 1.82) is 0 Å². The first kappa shape index (κ1) is 17.2. The second-order valence-electron chi connectivity index (χ2n) is 4.59. The largest absolute Gasteiger partial charge is 0.469 e. The van der Waals surface area contributed by atoms with E-state index in [-0.39, 0.29) is 36.2 Å². The Hall–Kier alpha value is -0.810. The molecule has 106 valence electrons. The third-order valence-corrected chi connectivity index (χ3v) is 3.17. The summed E-state index contributed by atoms with van der Waals surface area (Å²) in [6, 6.07) is 0.162. The van der Waals surface area contributed by atoms with Gasteiger partial charge in [0.15, 0.2) is 0 Å². The number of nitrogens with one attached hydrogen (secondary N) is 1. The maximum atomic E-state index is 11.8. The molecule has 0 aliphatic heterocycles. The zero-order valence-corrected chi connectivity index (χ0v) is 11.6. The lowest BCUT2D eigenvalue weighted by Crippen LogP contribution is -2.38. The molecule has 2 atom stereocenters. The molecule has 18 heavy (non-hydrogen) atoms. The van der Waals surface area contributed by atoms with Gasteiger partial charge in [-0.1, -0.05) is 6.42 Å². The van der Waals surface area contributed by atoms with Gasteiger partial charge in [0.25, 0.3) is 0 Å². The number of rotatable bonds is 5. The molecule has 0 radical (unpaired) electrons. The minimum atomic E-state index is -0.237. The molecule has 1 aliphatic carbocycles. The van der Waals surface area contributed by atoms with E-state index in [1.54, 1.807) is 0 Å². The number of nitrogens with two attached hydrogens (primary N) is 1. The first-order valence-electron chi connectivity index (χ1n) is 6.23. The van der Waals surface area contributed by atoms with Crippen LogP contribution in [0, 0.1) is 5.92 Å². The van der Waals surface area contributed by atoms with Crippen molar-refractivity contribution in [2.75, 3.05) is 13.7 Å². The summed E-state index contributed by atoms with van der Waals surface area (Å²) in [7, 11) is 1.37. The lowest BCUT2D eigenvalue weighted by Gasteiger charge is -2.25. The number of halogens is 1. The summed E-state index contributed by atoms with van der Waals surface area (Å²) in [5, 5.41) is 2.85. The quantitative estimate of drug-likeness (QED) is 0.581. The Balaban J connectivity index is 0.00000289. The third-order valence-electron chi connectivity index (χ3n) is 3.17. The van der Waals surface area contributed by atoms with Crippen molar-refractivity contribution in [2.24, 2.45) is 11.7 Å². The minimum absolute atomic E-state index is 0. The van der Waals surface area contributed by atoms with E-state index in [0.717, 1.165) is 25.7 Å². The molecule has 3 N–H and O–H groups in total. The maximum Gasteiger partial charge on any atom is 0.305 e. The van der Waals surface area contributed by atoms with Crippen LogP contribution in [0.4, 0.5) is 0 Å². The zero-order valence-electron chi connectivity index (χ0n) is 10.8. The lowest BCUT2D eigenvalue weighted by atomic mass is 9.85. The van der Waals surface area contributed by atoms with Crippen LogP contribution in [0.15, 0.2) is 0 Å². The fraction of sp³-hybridized carbons (Fsp3) is 0.833. The van der Waals surface area contributed by atoms with Crippen LogP contribution >= 0.6 is 12.4 Å². The van der Waals surface area contributed by atoms with E-state index in [1.165, 1.54) is 7.11 Å². The molecule has 0 heterocycles. The summed E-state index contributed by atoms with van der Waals surface area (Å²) in [5.74, 6) is -0.110. The number of hydrogen-bond donors (Lipinski definition) is 2. The molecule has 0 spiro atoms. The highest BCUT2D eigenvalue weighted by molar-refractivity contribution is 5.85. The monoisotopic (exact) mass is 278 g/mol. The maximum absolute atomic E-state index is 11.8. The van der Waals surface area contributed by atoms with Crippen molar-refractivity contribution < 1.29 is 14.3 Å². The SMILES string of the molecule is COC(=O)CCCNC(=O)C1CCCC(N)C1.Cl. The molecule has 0 saturated heterocycles. The van der Waals surface area contributed by atoms with Crippen LogP contribution < -0.4 is 11.1 Å². The fourth-order valence-electron chi connectivity index (χ4n) is 2.16. The molecule has 1 amide bonds. The van der Waals surface area contributed by atoms with E-state index in [1.807, 2.05) is 0 Å². The summed E-state index contributed by atoms with van der Waals surface area (Å²) in [5.41, 5.74) is 5.83. The van der Waals surface area contributed by atoms with Gasteiger partial charge in [-0.15, -0.1) is 12.4 Å². The summed E-state index contributed by atoms with van der Waals surface area (Å²) >= 11 is 0. The van der Waals surface area contributed by atoms with Crippen LogP contribution in [0.5, 0.6) is 0 Å². The molecule has 0 aromatic carbocycles. The molecule has 5 nitrogen and oxygen atoms in total. The number of ether oxygens (including phenoxy) is 1. The van der Waals surface area contributed by atoms with Crippen molar-refractivity contribution in [1.82, 2.24) is 5.32 Å². The standard InChI is InChI=1S/C12H22N2O3.ClH/c1-17-11(15)6-3-7-14-12(16)9-4-2-5-10(13)8-9;/h9-10H,2-8,13H2,1H3,(H,14,16);1H. The summed E-state index contributed by atoms with van der Waals surface area (Å²) in [4.78, 5) is 22.6. The van der Waals surface area contributed by atoms with Gasteiger partial charge in [-0.05, 0) is 25.7 Å². The van der Waals surface area contributed by atoms with E-state index in [9.17, 15) is 9.59 Å². The Morgan fingerprint density at radius 1 is 1.39 bits per heavy atom. The van der Waals surface area contributed by atoms with E-state index >= 15 is 0 Å². The number of esters is 1. The average Bonchev–Trinajstić information content (AvgIpc) is 2.34. The van der Waals surface area contributed by atoms with E-state index in [4.69, 9.17) is 5.73 Å². The van der Waals surface area contributed by atoms with Gasteiger partial charge in [-0.3, -0.25) is 9.59 Å². The van der Waals surface area contributed by atoms with E-state index in [0.29, 0.717) is 19.4 Å². The van der Waals surface area contributed by atoms with Gasteiger partial charge in [-0.25, -0.2) is 0 Å². The Morgan fingerprint density at radius 3 is 2.72 bits per heavy atom. The lowest BCUT2D eigenvalue weighted by molar-refractivity contribution is -0.140. The second kappa shape index (κ2) is 9.16. The van der Waals surface area contributed by atoms with Crippen LogP contribution in [0.2, 0.25) is 0 Å². The number of amides is 1. The van der Waals surface area contributed by atoms with Crippen LogP contribution in [0.1, 0.15) is 38.5 Å². The zero-order chi connectivity index (χ0) is 12.7. The van der Waals surface area contributed by atoms with Gasteiger partial charge in [0, 0.05) is 24.9 Å². The van der Waals surface area contributed by atoms with Gasteiger partial charge in [0.05, 0.1) is 7.11 Å². The number of carbonyl (C=O) groups is 2. The summed E-state index contributed by atoms with van der Waals surface area (Å²) in [6.07, 6.45) is 4.73. The Bertz CT molecular complexity index is 274. The molecule has 1 saturated carbocycles. The Labute approximate surface area is 114 Å². The molecular weight excluding hydrogens is 256 g/mol. The molecule has 0 aromatic heterocycles. The predicted molar refractivity (Wildman–Crippen MR) is 71.4 cm³/mol. The summed E-state index contributed by atoms with van der Waals surface area (Å²) in [6.45, 7) is 0.527. The van der Waals surface area contributed by atoms with Crippen molar-refractivity contribution in [2.45, 2.75) is 44.6 Å². The first-order chi connectivity index (χ1) is 8.13. The smallest absolute Gasteiger partial charge is 0.305 e. The van der Waals surface area contributed by atoms with Gasteiger partial charge in [0.2, 0.25) is 5.91 Å². The van der Waals surface area contributed by atoms with Crippen LogP contribution in [0.25, 0.3) is 0 Å². The average molecular weight is 279 g/mol. The highest BCUT2D eigenvalue weighted by Gasteiger charge is 2.24. The van der Waals surface area contributed by atoms with Gasteiger partial charge >= 0.3 is 5.97 Å². The molecule has 2 unspecified atom stereocenters. The van der Waals surface area contributed by atoms with Crippen molar-refractivity contribution in [3.8, 4) is 0 Å². The Kier molecular flexibility index (Phi) is 8.75. The topological polar surface area (TPSA) is 81.4 Å². The fourth-order valence-corrected chi connectivity index (χ4v) is 2.16. The van der Waals surface area contributed by atoms with Crippen LogP contribution in [-0.2, 0) is 14.3 Å². The van der Waals surface area contributed by atoms with Crippen LogP contribution in [0.3, 0.4) is 0 Å². The molecule has 1 aliphatic rings. The number of methoxy groups -OCH3 is 1. The predicted octanol–water partition coefficient (Wildman–Crippen LogP) is 0.995. The third kappa shape index (κ3) is 6.21. The van der Waals surface area contributed by atoms with E-state index in [2.05, 4.69) is 10.1 Å². The minimum Gasteiger partial charge on any atom is -0.469 e. The molecule has 0 bridgehead atoms. The van der Waals surface area contributed by atoms with Crippen LogP contribution in [-0.4, -0.2) is 31.6 Å². The first-order valence-corrected chi connectivity index (χ1v) is 6.23. The normalized spacial score (nSPS) is 22.8. The molecule has 6 heteroatoms. The van der Waals surface area contributed by atoms with Crippen molar-refractivity contribution >= 4 is 24.3 Å². The van der Waals surface area contributed by atoms with Gasteiger partial charge in [-0.2, -0.15) is 0 Å². The van der Waals surface area contributed by atoms with E-state index < -0.39 is 0 Å². The molecule has 1 fully saturated rings. The Morgan fingerprint density at radius 2 is 2.11 bits per heavy atom.